The zero-order chi connectivity index (χ0) is 18.6. The molecule has 0 spiro atoms. The van der Waals surface area contributed by atoms with Crippen molar-refractivity contribution in [2.24, 2.45) is 0 Å². The number of carbonyl (C=O) groups excluding carboxylic acids is 1. The topological polar surface area (TPSA) is 66.5 Å². The highest BCUT2D eigenvalue weighted by molar-refractivity contribution is 14.1. The Bertz CT molecular complexity index is 883. The molecule has 0 aromatic heterocycles. The quantitative estimate of drug-likeness (QED) is 0.614. The second-order valence-corrected chi connectivity index (χ2v) is 8.76. The summed E-state index contributed by atoms with van der Waals surface area (Å²) in [4.78, 5) is 12.4. The fourth-order valence-corrected chi connectivity index (χ4v) is 4.82. The predicted octanol–water partition coefficient (Wildman–Crippen LogP) is 4.23. The van der Waals surface area contributed by atoms with Crippen molar-refractivity contribution in [3.05, 3.63) is 56.6 Å². The average molecular weight is 493 g/mol. The van der Waals surface area contributed by atoms with Crippen LogP contribution in [0.4, 0.5) is 5.69 Å². The second kappa shape index (κ2) is 8.48. The van der Waals surface area contributed by atoms with E-state index >= 15 is 0 Å². The number of sulfonamides is 1. The summed E-state index contributed by atoms with van der Waals surface area (Å²) < 4.78 is 27.7. The minimum atomic E-state index is -3.75. The lowest BCUT2D eigenvalue weighted by Crippen LogP contribution is -2.31. The van der Waals surface area contributed by atoms with Gasteiger partial charge in [-0.2, -0.15) is 4.31 Å². The van der Waals surface area contributed by atoms with Crippen LogP contribution in [0.15, 0.2) is 47.4 Å². The van der Waals surface area contributed by atoms with Crippen LogP contribution in [-0.2, 0) is 10.0 Å². The minimum Gasteiger partial charge on any atom is -0.322 e. The average Bonchev–Trinajstić information content (AvgIpc) is 2.55. The normalized spacial score (nSPS) is 11.6. The van der Waals surface area contributed by atoms with Crippen molar-refractivity contribution in [2.45, 2.75) is 18.7 Å². The standard InChI is InChI=1S/C17H18ClIN2O3S/c1-3-21(4-2)25(23,24)16-10-12(8-9-15(16)18)17(22)20-14-7-5-6-13(19)11-14/h5-11H,3-4H2,1-2H3,(H,20,22). The van der Waals surface area contributed by atoms with Gasteiger partial charge in [0.1, 0.15) is 4.90 Å². The van der Waals surface area contributed by atoms with Gasteiger partial charge in [0.25, 0.3) is 5.91 Å². The van der Waals surface area contributed by atoms with Crippen LogP contribution in [0, 0.1) is 3.57 Å². The lowest BCUT2D eigenvalue weighted by Gasteiger charge is -2.19. The van der Waals surface area contributed by atoms with Gasteiger partial charge in [0.15, 0.2) is 0 Å². The highest BCUT2D eigenvalue weighted by Gasteiger charge is 2.25. The van der Waals surface area contributed by atoms with E-state index in [9.17, 15) is 13.2 Å². The third-order valence-corrected chi connectivity index (χ3v) is 6.80. The Labute approximate surface area is 166 Å². The van der Waals surface area contributed by atoms with E-state index in [2.05, 4.69) is 27.9 Å². The van der Waals surface area contributed by atoms with Crippen LogP contribution in [0.5, 0.6) is 0 Å². The summed E-state index contributed by atoms with van der Waals surface area (Å²) in [6.07, 6.45) is 0. The first-order chi connectivity index (χ1) is 11.8. The molecule has 0 aliphatic heterocycles. The van der Waals surface area contributed by atoms with Gasteiger partial charge in [-0.3, -0.25) is 4.79 Å². The second-order valence-electron chi connectivity index (χ2n) is 5.20. The predicted molar refractivity (Wildman–Crippen MR) is 109 cm³/mol. The largest absolute Gasteiger partial charge is 0.322 e. The van der Waals surface area contributed by atoms with E-state index in [1.165, 1.54) is 22.5 Å². The Balaban J connectivity index is 2.37. The third kappa shape index (κ3) is 4.72. The molecule has 0 radical (unpaired) electrons. The van der Waals surface area contributed by atoms with Gasteiger partial charge in [-0.1, -0.05) is 31.5 Å². The van der Waals surface area contributed by atoms with Gasteiger partial charge < -0.3 is 5.32 Å². The molecule has 0 saturated carbocycles. The molecule has 0 fully saturated rings. The molecule has 2 aromatic rings. The van der Waals surface area contributed by atoms with Crippen LogP contribution in [0.1, 0.15) is 24.2 Å². The van der Waals surface area contributed by atoms with Crippen molar-refractivity contribution < 1.29 is 13.2 Å². The third-order valence-electron chi connectivity index (χ3n) is 3.60. The number of hydrogen-bond acceptors (Lipinski definition) is 3. The summed E-state index contributed by atoms with van der Waals surface area (Å²) >= 11 is 8.23. The molecule has 1 amide bonds. The molecule has 134 valence electrons. The fraction of sp³-hybridized carbons (Fsp3) is 0.235. The monoisotopic (exact) mass is 492 g/mol. The van der Waals surface area contributed by atoms with E-state index in [4.69, 9.17) is 11.6 Å². The lowest BCUT2D eigenvalue weighted by atomic mass is 10.2. The number of nitrogens with zero attached hydrogens (tertiary/aromatic N) is 1. The highest BCUT2D eigenvalue weighted by atomic mass is 127. The molecular formula is C17H18ClIN2O3S. The Morgan fingerprint density at radius 3 is 2.44 bits per heavy atom. The number of hydrogen-bond donors (Lipinski definition) is 1. The van der Waals surface area contributed by atoms with Crippen LogP contribution < -0.4 is 5.32 Å². The van der Waals surface area contributed by atoms with Gasteiger partial charge in [0, 0.05) is 27.9 Å². The van der Waals surface area contributed by atoms with E-state index in [1.807, 2.05) is 18.2 Å². The number of nitrogens with one attached hydrogen (secondary N) is 1. The first kappa shape index (κ1) is 20.2. The Hall–Kier alpha value is -1.16. The van der Waals surface area contributed by atoms with Crippen molar-refractivity contribution in [3.63, 3.8) is 0 Å². The van der Waals surface area contributed by atoms with Crippen LogP contribution in [0.3, 0.4) is 0 Å². The zero-order valence-corrected chi connectivity index (χ0v) is 17.5. The van der Waals surface area contributed by atoms with Gasteiger partial charge in [-0.15, -0.1) is 0 Å². The van der Waals surface area contributed by atoms with E-state index < -0.39 is 15.9 Å². The van der Waals surface area contributed by atoms with Crippen molar-refractivity contribution in [3.8, 4) is 0 Å². The minimum absolute atomic E-state index is 0.0619. The number of amides is 1. The van der Waals surface area contributed by atoms with Crippen molar-refractivity contribution >= 4 is 55.8 Å². The summed E-state index contributed by atoms with van der Waals surface area (Å²) in [5, 5.41) is 2.85. The van der Waals surface area contributed by atoms with Crippen molar-refractivity contribution in [1.29, 1.82) is 0 Å². The van der Waals surface area contributed by atoms with Gasteiger partial charge in [0.05, 0.1) is 5.02 Å². The van der Waals surface area contributed by atoms with Crippen molar-refractivity contribution in [2.75, 3.05) is 18.4 Å². The number of carbonyl (C=O) groups is 1. The molecule has 0 bridgehead atoms. The van der Waals surface area contributed by atoms with Crippen LogP contribution in [-0.4, -0.2) is 31.7 Å². The Kier molecular flexibility index (Phi) is 6.84. The van der Waals surface area contributed by atoms with Gasteiger partial charge >= 0.3 is 0 Å². The molecule has 0 saturated heterocycles. The van der Waals surface area contributed by atoms with Crippen molar-refractivity contribution in [1.82, 2.24) is 4.31 Å². The number of rotatable bonds is 6. The zero-order valence-electron chi connectivity index (χ0n) is 13.8. The van der Waals surface area contributed by atoms with E-state index in [0.717, 1.165) is 3.57 Å². The molecule has 2 aromatic carbocycles. The van der Waals surface area contributed by atoms with Gasteiger partial charge in [-0.25, -0.2) is 8.42 Å². The smallest absolute Gasteiger partial charge is 0.255 e. The molecule has 0 aliphatic carbocycles. The number of halogens is 2. The molecule has 5 nitrogen and oxygen atoms in total. The summed E-state index contributed by atoms with van der Waals surface area (Å²) in [6.45, 7) is 4.16. The first-order valence-electron chi connectivity index (χ1n) is 7.66. The van der Waals surface area contributed by atoms with E-state index in [1.54, 1.807) is 19.9 Å². The maximum Gasteiger partial charge on any atom is 0.255 e. The molecule has 1 N–H and O–H groups in total. The molecule has 0 heterocycles. The molecule has 2 rings (SSSR count). The molecule has 8 heteroatoms. The Morgan fingerprint density at radius 2 is 1.84 bits per heavy atom. The number of benzene rings is 2. The first-order valence-corrected chi connectivity index (χ1v) is 10.6. The summed E-state index contributed by atoms with van der Waals surface area (Å²) in [7, 11) is -3.75. The van der Waals surface area contributed by atoms with Crippen LogP contribution >= 0.6 is 34.2 Å². The molecule has 0 aliphatic rings. The lowest BCUT2D eigenvalue weighted by molar-refractivity contribution is 0.102. The molecular weight excluding hydrogens is 475 g/mol. The van der Waals surface area contributed by atoms with Gasteiger partial charge in [-0.05, 0) is 59.0 Å². The van der Waals surface area contributed by atoms with Gasteiger partial charge in [0.2, 0.25) is 10.0 Å². The SMILES string of the molecule is CCN(CC)S(=O)(=O)c1cc(C(=O)Nc2cccc(I)c2)ccc1Cl. The molecule has 0 unspecified atom stereocenters. The van der Waals surface area contributed by atoms with E-state index in [-0.39, 0.29) is 15.5 Å². The summed E-state index contributed by atoms with van der Waals surface area (Å²) in [6, 6.07) is 11.6. The van der Waals surface area contributed by atoms with Crippen LogP contribution in [0.2, 0.25) is 5.02 Å². The maximum absolute atomic E-state index is 12.7. The fourth-order valence-electron chi connectivity index (χ4n) is 2.31. The van der Waals surface area contributed by atoms with Crippen LogP contribution in [0.25, 0.3) is 0 Å². The summed E-state index contributed by atoms with van der Waals surface area (Å²) in [5.41, 5.74) is 0.869. The molecule has 25 heavy (non-hydrogen) atoms. The highest BCUT2D eigenvalue weighted by Crippen LogP contribution is 2.26. The summed E-state index contributed by atoms with van der Waals surface area (Å²) in [5.74, 6) is -0.394. The Morgan fingerprint density at radius 1 is 1.16 bits per heavy atom. The maximum atomic E-state index is 12.7. The number of anilines is 1. The molecule has 0 atom stereocenters. The van der Waals surface area contributed by atoms with E-state index in [0.29, 0.717) is 18.8 Å².